The minimum atomic E-state index is -4.47. The maximum Gasteiger partial charge on any atom is 0.416 e. The van der Waals surface area contributed by atoms with Gasteiger partial charge in [0.25, 0.3) is 0 Å². The summed E-state index contributed by atoms with van der Waals surface area (Å²) >= 11 is 0. The second-order valence-electron chi connectivity index (χ2n) is 5.05. The lowest BCUT2D eigenvalue weighted by Crippen LogP contribution is -2.05. The topological polar surface area (TPSA) is 59.7 Å². The van der Waals surface area contributed by atoms with E-state index in [4.69, 9.17) is 9.15 Å². The first-order valence-electron chi connectivity index (χ1n) is 6.82. The van der Waals surface area contributed by atoms with Gasteiger partial charge in [0.1, 0.15) is 11.3 Å². The molecule has 1 N–H and O–H groups in total. The molecule has 0 aliphatic heterocycles. The van der Waals surface area contributed by atoms with E-state index in [2.05, 4.69) is 0 Å². The minimum Gasteiger partial charge on any atom is -0.502 e. The van der Waals surface area contributed by atoms with Gasteiger partial charge in [0.15, 0.2) is 5.76 Å². The first-order valence-corrected chi connectivity index (χ1v) is 6.82. The van der Waals surface area contributed by atoms with Crippen molar-refractivity contribution in [2.24, 2.45) is 0 Å². The molecule has 3 aromatic rings. The van der Waals surface area contributed by atoms with E-state index in [0.29, 0.717) is 5.75 Å². The standard InChI is InChI=1S/C17H11F3O4/c1-23-11-6-7-13-12(8-11)14(21)15(22)16(24-13)9-2-4-10(5-3-9)17(18,19)20/h2-8,22H,1H3. The highest BCUT2D eigenvalue weighted by atomic mass is 19.4. The molecule has 4 nitrogen and oxygen atoms in total. The summed E-state index contributed by atoms with van der Waals surface area (Å²) < 4.78 is 48.3. The molecule has 1 aromatic heterocycles. The van der Waals surface area contributed by atoms with Gasteiger partial charge in [-0.1, -0.05) is 12.1 Å². The molecule has 3 rings (SSSR count). The van der Waals surface area contributed by atoms with Crippen LogP contribution in [0.2, 0.25) is 0 Å². The third-order valence-electron chi connectivity index (χ3n) is 3.55. The maximum absolute atomic E-state index is 12.6. The molecule has 0 radical (unpaired) electrons. The summed E-state index contributed by atoms with van der Waals surface area (Å²) in [6, 6.07) is 8.45. The lowest BCUT2D eigenvalue weighted by Gasteiger charge is -2.09. The van der Waals surface area contributed by atoms with Gasteiger partial charge in [0.05, 0.1) is 18.1 Å². The number of alkyl halides is 3. The van der Waals surface area contributed by atoms with Crippen molar-refractivity contribution in [2.75, 3.05) is 7.11 Å². The minimum absolute atomic E-state index is 0.113. The van der Waals surface area contributed by atoms with E-state index in [0.717, 1.165) is 24.3 Å². The largest absolute Gasteiger partial charge is 0.502 e. The van der Waals surface area contributed by atoms with Crippen molar-refractivity contribution in [3.05, 3.63) is 58.3 Å². The fourth-order valence-electron chi connectivity index (χ4n) is 2.30. The summed E-state index contributed by atoms with van der Waals surface area (Å²) in [5, 5.41) is 10.2. The molecule has 1 heterocycles. The normalized spacial score (nSPS) is 11.7. The summed E-state index contributed by atoms with van der Waals surface area (Å²) in [6.07, 6.45) is -4.47. The lowest BCUT2D eigenvalue weighted by molar-refractivity contribution is -0.137. The maximum atomic E-state index is 12.6. The number of rotatable bonds is 2. The molecule has 0 aliphatic rings. The van der Waals surface area contributed by atoms with Gasteiger partial charge in [-0.3, -0.25) is 4.79 Å². The molecule has 0 atom stereocenters. The zero-order valence-electron chi connectivity index (χ0n) is 12.3. The van der Waals surface area contributed by atoms with Gasteiger partial charge >= 0.3 is 6.18 Å². The van der Waals surface area contributed by atoms with Crippen LogP contribution in [0.1, 0.15) is 5.56 Å². The van der Waals surface area contributed by atoms with E-state index >= 15 is 0 Å². The zero-order chi connectivity index (χ0) is 17.5. The average Bonchev–Trinajstić information content (AvgIpc) is 2.57. The summed E-state index contributed by atoms with van der Waals surface area (Å²) in [5.74, 6) is -0.446. The van der Waals surface area contributed by atoms with Crippen LogP contribution in [0.5, 0.6) is 11.5 Å². The number of benzene rings is 2. The zero-order valence-corrected chi connectivity index (χ0v) is 12.3. The van der Waals surface area contributed by atoms with Crippen molar-refractivity contribution < 1.29 is 27.4 Å². The molecule has 0 amide bonds. The molecular formula is C17H11F3O4. The fourth-order valence-corrected chi connectivity index (χ4v) is 2.30. The van der Waals surface area contributed by atoms with Gasteiger partial charge in [-0.2, -0.15) is 13.2 Å². The Balaban J connectivity index is 2.16. The van der Waals surface area contributed by atoms with Crippen LogP contribution in [0.15, 0.2) is 51.7 Å². The molecule has 0 unspecified atom stereocenters. The number of methoxy groups -OCH3 is 1. The third-order valence-corrected chi connectivity index (χ3v) is 3.55. The molecule has 0 saturated heterocycles. The summed E-state index contributed by atoms with van der Waals surface area (Å²) in [5.41, 5.74) is -1.17. The predicted octanol–water partition coefficient (Wildman–Crippen LogP) is 4.19. The van der Waals surface area contributed by atoms with Gasteiger partial charge in [-0.05, 0) is 30.3 Å². The van der Waals surface area contributed by atoms with Gasteiger partial charge in [0.2, 0.25) is 11.2 Å². The Labute approximate surface area is 133 Å². The summed E-state index contributed by atoms with van der Waals surface area (Å²) in [4.78, 5) is 12.3. The molecule has 0 bridgehead atoms. The van der Waals surface area contributed by atoms with E-state index in [1.807, 2.05) is 0 Å². The van der Waals surface area contributed by atoms with E-state index in [-0.39, 0.29) is 22.3 Å². The SMILES string of the molecule is COc1ccc2oc(-c3ccc(C(F)(F)F)cc3)c(O)c(=O)c2c1. The molecule has 0 saturated carbocycles. The Bertz CT molecular complexity index is 956. The van der Waals surface area contributed by atoms with Crippen LogP contribution < -0.4 is 10.2 Å². The summed E-state index contributed by atoms with van der Waals surface area (Å²) in [6.45, 7) is 0. The Morgan fingerprint density at radius 1 is 1.08 bits per heavy atom. The van der Waals surface area contributed by atoms with Crippen molar-refractivity contribution in [2.45, 2.75) is 6.18 Å². The monoisotopic (exact) mass is 336 g/mol. The van der Waals surface area contributed by atoms with Gasteiger partial charge < -0.3 is 14.3 Å². The second kappa shape index (κ2) is 5.59. The molecule has 2 aromatic carbocycles. The molecular weight excluding hydrogens is 325 g/mol. The van der Waals surface area contributed by atoms with Gasteiger partial charge in [-0.15, -0.1) is 0 Å². The molecule has 124 valence electrons. The van der Waals surface area contributed by atoms with Crippen LogP contribution in [-0.2, 0) is 6.18 Å². The molecule has 0 aliphatic carbocycles. The van der Waals surface area contributed by atoms with Crippen LogP contribution in [0.4, 0.5) is 13.2 Å². The summed E-state index contributed by atoms with van der Waals surface area (Å²) in [7, 11) is 1.43. The fraction of sp³-hybridized carbons (Fsp3) is 0.118. The van der Waals surface area contributed by atoms with Crippen molar-refractivity contribution >= 4 is 11.0 Å². The van der Waals surface area contributed by atoms with Crippen LogP contribution in [0.3, 0.4) is 0 Å². The Hall–Kier alpha value is -2.96. The van der Waals surface area contributed by atoms with Crippen molar-refractivity contribution in [1.82, 2.24) is 0 Å². The highest BCUT2D eigenvalue weighted by Gasteiger charge is 2.30. The number of halogens is 3. The number of fused-ring (bicyclic) bond motifs is 1. The van der Waals surface area contributed by atoms with Crippen molar-refractivity contribution in [1.29, 1.82) is 0 Å². The highest BCUT2D eigenvalue weighted by Crippen LogP contribution is 2.34. The van der Waals surface area contributed by atoms with Crippen molar-refractivity contribution in [3.8, 4) is 22.8 Å². The number of aromatic hydroxyl groups is 1. The first kappa shape index (κ1) is 15.9. The van der Waals surface area contributed by atoms with E-state index in [9.17, 15) is 23.1 Å². The quantitative estimate of drug-likeness (QED) is 0.762. The van der Waals surface area contributed by atoms with E-state index < -0.39 is 22.9 Å². The third kappa shape index (κ3) is 2.68. The number of hydrogen-bond acceptors (Lipinski definition) is 4. The van der Waals surface area contributed by atoms with E-state index in [1.165, 1.54) is 19.2 Å². The Morgan fingerprint density at radius 3 is 2.33 bits per heavy atom. The van der Waals surface area contributed by atoms with Gasteiger partial charge in [0, 0.05) is 5.56 Å². The highest BCUT2D eigenvalue weighted by molar-refractivity contribution is 5.83. The molecule has 0 spiro atoms. The molecule has 0 fully saturated rings. The first-order chi connectivity index (χ1) is 11.3. The van der Waals surface area contributed by atoms with Gasteiger partial charge in [-0.25, -0.2) is 0 Å². The van der Waals surface area contributed by atoms with Crippen LogP contribution in [0.25, 0.3) is 22.3 Å². The Kier molecular flexibility index (Phi) is 3.71. The number of ether oxygens (including phenoxy) is 1. The predicted molar refractivity (Wildman–Crippen MR) is 81.1 cm³/mol. The molecule has 7 heteroatoms. The van der Waals surface area contributed by atoms with Crippen LogP contribution >= 0.6 is 0 Å². The molecule has 24 heavy (non-hydrogen) atoms. The average molecular weight is 336 g/mol. The van der Waals surface area contributed by atoms with Crippen molar-refractivity contribution in [3.63, 3.8) is 0 Å². The number of hydrogen-bond donors (Lipinski definition) is 1. The second-order valence-corrected chi connectivity index (χ2v) is 5.05. The van der Waals surface area contributed by atoms with E-state index in [1.54, 1.807) is 6.07 Å². The lowest BCUT2D eigenvalue weighted by atomic mass is 10.1. The smallest absolute Gasteiger partial charge is 0.416 e. The Morgan fingerprint density at radius 2 is 1.75 bits per heavy atom. The van der Waals surface area contributed by atoms with Crippen LogP contribution in [0, 0.1) is 0 Å². The van der Waals surface area contributed by atoms with Crippen LogP contribution in [-0.4, -0.2) is 12.2 Å².